The Kier molecular flexibility index (Phi) is 5.85. The largest absolute Gasteiger partial charge is 0.493 e. The number of nitrogens with one attached hydrogen (secondary N) is 1. The van der Waals surface area contributed by atoms with Crippen LogP contribution in [0.4, 0.5) is 0 Å². The number of aryl methyl sites for hydroxylation is 2. The van der Waals surface area contributed by atoms with Gasteiger partial charge in [-0.3, -0.25) is 5.41 Å². The highest BCUT2D eigenvalue weighted by Crippen LogP contribution is 2.47. The molecule has 37 heavy (non-hydrogen) atoms. The number of nitrogens with zero attached hydrogens (tertiary/aromatic N) is 2. The van der Waals surface area contributed by atoms with E-state index in [1.807, 2.05) is 53.1 Å². The molecule has 1 N–H and O–H groups in total. The van der Waals surface area contributed by atoms with E-state index in [2.05, 4.69) is 36.4 Å². The van der Waals surface area contributed by atoms with E-state index in [-0.39, 0.29) is 5.92 Å². The molecule has 2 heterocycles. The molecule has 1 atom stereocenters. The third-order valence-corrected chi connectivity index (χ3v) is 7.02. The first-order chi connectivity index (χ1) is 18.2. The van der Waals surface area contributed by atoms with E-state index in [1.165, 1.54) is 0 Å². The number of hydrogen-bond acceptors (Lipinski definition) is 5. The van der Waals surface area contributed by atoms with Gasteiger partial charge in [0.05, 0.1) is 19.8 Å². The summed E-state index contributed by atoms with van der Waals surface area (Å²) in [6.45, 7) is 0.598. The second kappa shape index (κ2) is 9.47. The number of ether oxygens (including phenoxy) is 3. The summed E-state index contributed by atoms with van der Waals surface area (Å²) in [6, 6.07) is 28.7. The van der Waals surface area contributed by atoms with Crippen molar-refractivity contribution >= 4 is 10.8 Å². The molecule has 0 saturated heterocycles. The van der Waals surface area contributed by atoms with Crippen molar-refractivity contribution in [1.82, 2.24) is 9.55 Å². The Morgan fingerprint density at radius 1 is 0.892 bits per heavy atom. The molecule has 0 amide bonds. The topological polar surface area (TPSA) is 69.4 Å². The van der Waals surface area contributed by atoms with Crippen molar-refractivity contribution in [3.63, 3.8) is 0 Å². The fourth-order valence-corrected chi connectivity index (χ4v) is 5.15. The molecule has 6 heteroatoms. The molecule has 5 aromatic rings. The Hall–Kier alpha value is -4.58. The summed E-state index contributed by atoms with van der Waals surface area (Å²) in [5.41, 5.74) is 4.43. The van der Waals surface area contributed by atoms with Crippen LogP contribution in [0.15, 0.2) is 91.3 Å². The van der Waals surface area contributed by atoms with Gasteiger partial charge in [-0.1, -0.05) is 72.8 Å². The molecular weight excluding hydrogens is 462 g/mol. The highest BCUT2D eigenvalue weighted by atomic mass is 16.5. The standard InChI is InChI=1S/C31H27N3O3/c1-35-25-15-12-20(18-26(25)36-2)16-17-34-19-33-31-28(30(34)32)27(22-9-4-3-5-10-22)24-14-13-21-8-6-7-11-23(21)29(24)37-31/h3-15,18-19,27,32H,16-17H2,1-2H3. The molecule has 0 bridgehead atoms. The van der Waals surface area contributed by atoms with Gasteiger partial charge in [0.2, 0.25) is 5.88 Å². The molecule has 1 aliphatic rings. The number of aromatic nitrogens is 2. The SMILES string of the molecule is COc1ccc(CCn2cnc3c(c2=N)C(c2ccccc2)c2ccc4ccccc4c2O3)cc1OC. The van der Waals surface area contributed by atoms with Crippen LogP contribution in [0.5, 0.6) is 23.1 Å². The molecule has 0 spiro atoms. The maximum Gasteiger partial charge on any atom is 0.228 e. The van der Waals surface area contributed by atoms with Gasteiger partial charge >= 0.3 is 0 Å². The number of fused-ring (bicyclic) bond motifs is 4. The molecule has 1 aliphatic heterocycles. The molecule has 6 nitrogen and oxygen atoms in total. The van der Waals surface area contributed by atoms with E-state index < -0.39 is 0 Å². The van der Waals surface area contributed by atoms with Gasteiger partial charge in [0.25, 0.3) is 0 Å². The normalized spacial score (nSPS) is 13.9. The fourth-order valence-electron chi connectivity index (χ4n) is 5.15. The number of methoxy groups -OCH3 is 2. The van der Waals surface area contributed by atoms with Crippen LogP contribution in [-0.4, -0.2) is 23.8 Å². The first-order valence-electron chi connectivity index (χ1n) is 12.3. The number of hydrogen-bond donors (Lipinski definition) is 1. The number of rotatable bonds is 6. The quantitative estimate of drug-likeness (QED) is 0.309. The summed E-state index contributed by atoms with van der Waals surface area (Å²) in [6.07, 6.45) is 2.43. The van der Waals surface area contributed by atoms with E-state index in [4.69, 9.17) is 19.2 Å². The number of benzene rings is 4. The highest BCUT2D eigenvalue weighted by molar-refractivity contribution is 5.91. The predicted octanol–water partition coefficient (Wildman–Crippen LogP) is 6.06. The Morgan fingerprint density at radius 2 is 1.68 bits per heavy atom. The summed E-state index contributed by atoms with van der Waals surface area (Å²) in [5.74, 6) is 2.54. The van der Waals surface area contributed by atoms with Gasteiger partial charge in [-0.2, -0.15) is 0 Å². The highest BCUT2D eigenvalue weighted by Gasteiger charge is 2.32. The van der Waals surface area contributed by atoms with Gasteiger partial charge in [0.15, 0.2) is 11.5 Å². The fraction of sp³-hybridized carbons (Fsp3) is 0.161. The summed E-state index contributed by atoms with van der Waals surface area (Å²) >= 11 is 0. The first-order valence-corrected chi connectivity index (χ1v) is 12.3. The molecule has 1 aromatic heterocycles. The second-order valence-electron chi connectivity index (χ2n) is 9.10. The van der Waals surface area contributed by atoms with Gasteiger partial charge in [-0.05, 0) is 35.1 Å². The average Bonchev–Trinajstić information content (AvgIpc) is 2.96. The lowest BCUT2D eigenvalue weighted by molar-refractivity contribution is 0.354. The van der Waals surface area contributed by atoms with E-state index >= 15 is 0 Å². The van der Waals surface area contributed by atoms with Crippen LogP contribution in [0, 0.1) is 5.41 Å². The molecule has 6 rings (SSSR count). The molecular formula is C31H27N3O3. The van der Waals surface area contributed by atoms with E-state index in [9.17, 15) is 5.41 Å². The molecule has 0 saturated carbocycles. The molecule has 4 aromatic carbocycles. The summed E-state index contributed by atoms with van der Waals surface area (Å²) < 4.78 is 19.1. The van der Waals surface area contributed by atoms with Crippen molar-refractivity contribution in [2.45, 2.75) is 18.9 Å². The Bertz CT molecular complexity index is 1660. The summed E-state index contributed by atoms with van der Waals surface area (Å²) in [5, 5.41) is 11.4. The lowest BCUT2D eigenvalue weighted by atomic mass is 9.83. The molecule has 1 unspecified atom stereocenters. The lowest BCUT2D eigenvalue weighted by Crippen LogP contribution is -2.30. The van der Waals surface area contributed by atoms with Gasteiger partial charge in [-0.25, -0.2) is 4.98 Å². The van der Waals surface area contributed by atoms with E-state index in [1.54, 1.807) is 20.5 Å². The van der Waals surface area contributed by atoms with Crippen molar-refractivity contribution in [3.8, 4) is 23.1 Å². The van der Waals surface area contributed by atoms with Crippen LogP contribution in [0.1, 0.15) is 28.2 Å². The molecule has 184 valence electrons. The third-order valence-electron chi connectivity index (χ3n) is 7.02. The van der Waals surface area contributed by atoms with Crippen LogP contribution < -0.4 is 19.7 Å². The molecule has 0 radical (unpaired) electrons. The van der Waals surface area contributed by atoms with Crippen LogP contribution in [0.25, 0.3) is 10.8 Å². The maximum absolute atomic E-state index is 9.22. The van der Waals surface area contributed by atoms with Crippen molar-refractivity contribution < 1.29 is 14.2 Å². The zero-order valence-corrected chi connectivity index (χ0v) is 20.8. The van der Waals surface area contributed by atoms with Crippen LogP contribution in [-0.2, 0) is 13.0 Å². The Labute approximate surface area is 215 Å². The van der Waals surface area contributed by atoms with Crippen LogP contribution in [0.2, 0.25) is 0 Å². The minimum Gasteiger partial charge on any atom is -0.493 e. The molecule has 0 fully saturated rings. The third kappa shape index (κ3) is 4.00. The van der Waals surface area contributed by atoms with E-state index in [0.29, 0.717) is 29.4 Å². The maximum atomic E-state index is 9.22. The smallest absolute Gasteiger partial charge is 0.228 e. The van der Waals surface area contributed by atoms with Gasteiger partial charge in [0.1, 0.15) is 17.6 Å². The molecule has 0 aliphatic carbocycles. The van der Waals surface area contributed by atoms with Gasteiger partial charge < -0.3 is 18.8 Å². The zero-order valence-electron chi connectivity index (χ0n) is 20.8. The minimum absolute atomic E-state index is 0.155. The lowest BCUT2D eigenvalue weighted by Gasteiger charge is -2.29. The van der Waals surface area contributed by atoms with Crippen LogP contribution in [0.3, 0.4) is 0 Å². The van der Waals surface area contributed by atoms with Crippen molar-refractivity contribution in [3.05, 3.63) is 119 Å². The van der Waals surface area contributed by atoms with E-state index in [0.717, 1.165) is 45.2 Å². The average molecular weight is 490 g/mol. The zero-order chi connectivity index (χ0) is 25.4. The Balaban J connectivity index is 1.43. The van der Waals surface area contributed by atoms with Crippen molar-refractivity contribution in [2.24, 2.45) is 0 Å². The second-order valence-corrected chi connectivity index (χ2v) is 9.10. The van der Waals surface area contributed by atoms with Gasteiger partial charge in [0, 0.05) is 23.4 Å². The monoisotopic (exact) mass is 489 g/mol. The summed E-state index contributed by atoms with van der Waals surface area (Å²) in [4.78, 5) is 4.71. The van der Waals surface area contributed by atoms with Crippen molar-refractivity contribution in [1.29, 1.82) is 5.41 Å². The predicted molar refractivity (Wildman–Crippen MR) is 143 cm³/mol. The Morgan fingerprint density at radius 3 is 2.49 bits per heavy atom. The van der Waals surface area contributed by atoms with Crippen LogP contribution >= 0.6 is 0 Å². The summed E-state index contributed by atoms with van der Waals surface area (Å²) in [7, 11) is 3.27. The van der Waals surface area contributed by atoms with Gasteiger partial charge in [-0.15, -0.1) is 0 Å². The minimum atomic E-state index is -0.155. The van der Waals surface area contributed by atoms with Crippen molar-refractivity contribution in [2.75, 3.05) is 14.2 Å². The first kappa shape index (κ1) is 22.9.